The Bertz CT molecular complexity index is 550. The fourth-order valence-corrected chi connectivity index (χ4v) is 3.66. The van der Waals surface area contributed by atoms with Gasteiger partial charge in [-0.05, 0) is 64.0 Å². The summed E-state index contributed by atoms with van der Waals surface area (Å²) in [6, 6.07) is 8.72. The third-order valence-corrected chi connectivity index (χ3v) is 5.56. The molecule has 0 unspecified atom stereocenters. The van der Waals surface area contributed by atoms with Crippen LogP contribution in [0.4, 0.5) is 0 Å². The van der Waals surface area contributed by atoms with Crippen molar-refractivity contribution >= 4 is 5.91 Å². The van der Waals surface area contributed by atoms with Crippen molar-refractivity contribution in [1.29, 1.82) is 0 Å². The molecule has 1 aliphatic heterocycles. The van der Waals surface area contributed by atoms with Crippen LogP contribution in [-0.2, 0) is 6.54 Å². The summed E-state index contributed by atoms with van der Waals surface area (Å²) in [5, 5.41) is 0. The predicted molar refractivity (Wildman–Crippen MR) is 113 cm³/mol. The second-order valence-corrected chi connectivity index (χ2v) is 7.84. The van der Waals surface area contributed by atoms with Gasteiger partial charge in [0.1, 0.15) is 0 Å². The molecule has 0 atom stereocenters. The number of unbranched alkanes of at least 4 members (excludes halogenated alkanes) is 2. The van der Waals surface area contributed by atoms with Crippen molar-refractivity contribution in [3.8, 4) is 0 Å². The number of nitrogens with two attached hydrogens (primary N) is 1. The van der Waals surface area contributed by atoms with Gasteiger partial charge in [-0.25, -0.2) is 0 Å². The Morgan fingerprint density at radius 1 is 1.07 bits per heavy atom. The topological polar surface area (TPSA) is 52.8 Å². The van der Waals surface area contributed by atoms with Crippen LogP contribution >= 0.6 is 0 Å². The lowest BCUT2D eigenvalue weighted by atomic mass is 10.1. The molecule has 0 aliphatic carbocycles. The van der Waals surface area contributed by atoms with E-state index in [4.69, 9.17) is 5.73 Å². The number of benzene rings is 1. The average molecular weight is 375 g/mol. The molecule has 0 spiro atoms. The van der Waals surface area contributed by atoms with Crippen LogP contribution in [0, 0.1) is 0 Å². The van der Waals surface area contributed by atoms with Crippen molar-refractivity contribution in [2.24, 2.45) is 5.73 Å². The standard InChI is InChI=1S/C22H38N4O/c1-4-25(19(2)3)18-20-8-10-21(11-9-20)22(27)26-16-14-24(15-17-26)13-7-5-6-12-23/h8-11,19H,4-7,12-18,23H2,1-3H3. The van der Waals surface area contributed by atoms with E-state index in [1.165, 1.54) is 18.4 Å². The zero-order chi connectivity index (χ0) is 19.6. The first-order valence-electron chi connectivity index (χ1n) is 10.6. The van der Waals surface area contributed by atoms with Crippen LogP contribution in [0.1, 0.15) is 56.0 Å². The van der Waals surface area contributed by atoms with E-state index in [1.807, 2.05) is 17.0 Å². The molecule has 0 saturated carbocycles. The smallest absolute Gasteiger partial charge is 0.253 e. The molecule has 27 heavy (non-hydrogen) atoms. The van der Waals surface area contributed by atoms with Crippen LogP contribution in [0.15, 0.2) is 24.3 Å². The van der Waals surface area contributed by atoms with Gasteiger partial charge < -0.3 is 10.6 Å². The van der Waals surface area contributed by atoms with Gasteiger partial charge in [0.05, 0.1) is 0 Å². The van der Waals surface area contributed by atoms with Gasteiger partial charge in [-0.1, -0.05) is 25.5 Å². The van der Waals surface area contributed by atoms with Crippen molar-refractivity contribution in [3.63, 3.8) is 0 Å². The quantitative estimate of drug-likeness (QED) is 0.640. The van der Waals surface area contributed by atoms with Gasteiger partial charge in [-0.3, -0.25) is 14.6 Å². The summed E-state index contributed by atoms with van der Waals surface area (Å²) in [6.45, 7) is 14.1. The van der Waals surface area contributed by atoms with Gasteiger partial charge in [-0.2, -0.15) is 0 Å². The Hall–Kier alpha value is -1.43. The van der Waals surface area contributed by atoms with Crippen molar-refractivity contribution < 1.29 is 4.79 Å². The molecular formula is C22H38N4O. The molecule has 5 nitrogen and oxygen atoms in total. The lowest BCUT2D eigenvalue weighted by molar-refractivity contribution is 0.0635. The molecular weight excluding hydrogens is 336 g/mol. The fourth-order valence-electron chi connectivity index (χ4n) is 3.66. The summed E-state index contributed by atoms with van der Waals surface area (Å²) in [4.78, 5) is 19.7. The molecule has 1 heterocycles. The van der Waals surface area contributed by atoms with Crippen LogP contribution in [0.3, 0.4) is 0 Å². The summed E-state index contributed by atoms with van der Waals surface area (Å²) in [5.74, 6) is 0.167. The van der Waals surface area contributed by atoms with Crippen LogP contribution in [0.5, 0.6) is 0 Å². The van der Waals surface area contributed by atoms with E-state index in [0.717, 1.165) is 64.3 Å². The highest BCUT2D eigenvalue weighted by atomic mass is 16.2. The number of amides is 1. The zero-order valence-electron chi connectivity index (χ0n) is 17.5. The third-order valence-electron chi connectivity index (χ3n) is 5.56. The first-order chi connectivity index (χ1) is 13.0. The molecule has 0 bridgehead atoms. The van der Waals surface area contributed by atoms with E-state index in [9.17, 15) is 4.79 Å². The van der Waals surface area contributed by atoms with Gasteiger partial charge in [0.2, 0.25) is 0 Å². The number of piperazine rings is 1. The van der Waals surface area contributed by atoms with Crippen LogP contribution in [0.2, 0.25) is 0 Å². The van der Waals surface area contributed by atoms with E-state index >= 15 is 0 Å². The van der Waals surface area contributed by atoms with Crippen LogP contribution in [-0.4, -0.2) is 72.5 Å². The summed E-state index contributed by atoms with van der Waals surface area (Å²) in [6.07, 6.45) is 3.52. The minimum absolute atomic E-state index is 0.167. The van der Waals surface area contributed by atoms with Gasteiger partial charge in [-0.15, -0.1) is 0 Å². The lowest BCUT2D eigenvalue weighted by Crippen LogP contribution is -2.48. The van der Waals surface area contributed by atoms with E-state index < -0.39 is 0 Å². The van der Waals surface area contributed by atoms with Crippen molar-refractivity contribution in [2.75, 3.05) is 45.8 Å². The summed E-state index contributed by atoms with van der Waals surface area (Å²) in [7, 11) is 0. The molecule has 1 aromatic rings. The Morgan fingerprint density at radius 3 is 2.30 bits per heavy atom. The minimum atomic E-state index is 0.167. The Balaban J connectivity index is 1.80. The molecule has 1 fully saturated rings. The van der Waals surface area contributed by atoms with Gasteiger partial charge in [0.15, 0.2) is 0 Å². The molecule has 1 aliphatic rings. The summed E-state index contributed by atoms with van der Waals surface area (Å²) in [5.41, 5.74) is 7.62. The predicted octanol–water partition coefficient (Wildman–Crippen LogP) is 2.80. The first-order valence-corrected chi connectivity index (χ1v) is 10.6. The van der Waals surface area contributed by atoms with E-state index in [-0.39, 0.29) is 5.91 Å². The van der Waals surface area contributed by atoms with Gasteiger partial charge in [0.25, 0.3) is 5.91 Å². The second-order valence-electron chi connectivity index (χ2n) is 7.84. The Kier molecular flexibility index (Phi) is 9.25. The highest BCUT2D eigenvalue weighted by Gasteiger charge is 2.21. The fraction of sp³-hybridized carbons (Fsp3) is 0.682. The molecule has 0 aromatic heterocycles. The van der Waals surface area contributed by atoms with Crippen LogP contribution < -0.4 is 5.73 Å². The van der Waals surface area contributed by atoms with Gasteiger partial charge >= 0.3 is 0 Å². The molecule has 0 radical (unpaired) electrons. The summed E-state index contributed by atoms with van der Waals surface area (Å²) < 4.78 is 0. The highest BCUT2D eigenvalue weighted by molar-refractivity contribution is 5.94. The van der Waals surface area contributed by atoms with Crippen molar-refractivity contribution in [2.45, 2.75) is 52.6 Å². The number of carbonyl (C=O) groups is 1. The molecule has 5 heteroatoms. The van der Waals surface area contributed by atoms with E-state index in [1.54, 1.807) is 0 Å². The molecule has 2 N–H and O–H groups in total. The number of carbonyl (C=O) groups excluding carboxylic acids is 1. The largest absolute Gasteiger partial charge is 0.336 e. The van der Waals surface area contributed by atoms with Crippen molar-refractivity contribution in [3.05, 3.63) is 35.4 Å². The van der Waals surface area contributed by atoms with Crippen LogP contribution in [0.25, 0.3) is 0 Å². The Morgan fingerprint density at radius 2 is 1.74 bits per heavy atom. The molecule has 2 rings (SSSR count). The lowest BCUT2D eigenvalue weighted by Gasteiger charge is -2.34. The molecule has 1 saturated heterocycles. The average Bonchev–Trinajstić information content (AvgIpc) is 2.69. The zero-order valence-corrected chi connectivity index (χ0v) is 17.5. The number of hydrogen-bond acceptors (Lipinski definition) is 4. The molecule has 1 aromatic carbocycles. The molecule has 1 amide bonds. The van der Waals surface area contributed by atoms with Crippen molar-refractivity contribution in [1.82, 2.24) is 14.7 Å². The number of nitrogens with zero attached hydrogens (tertiary/aromatic N) is 3. The second kappa shape index (κ2) is 11.4. The monoisotopic (exact) mass is 374 g/mol. The maximum atomic E-state index is 12.8. The third kappa shape index (κ3) is 6.91. The first kappa shape index (κ1) is 21.9. The maximum Gasteiger partial charge on any atom is 0.253 e. The van der Waals surface area contributed by atoms with E-state index in [2.05, 4.69) is 42.7 Å². The molecule has 152 valence electrons. The Labute approximate surface area is 165 Å². The normalized spacial score (nSPS) is 15.7. The summed E-state index contributed by atoms with van der Waals surface area (Å²) >= 11 is 0. The maximum absolute atomic E-state index is 12.8. The SMILES string of the molecule is CCN(Cc1ccc(C(=O)N2CCN(CCCCCN)CC2)cc1)C(C)C. The number of hydrogen-bond donors (Lipinski definition) is 1. The van der Waals surface area contributed by atoms with E-state index in [0.29, 0.717) is 6.04 Å². The van der Waals surface area contributed by atoms with Gasteiger partial charge in [0, 0.05) is 44.3 Å². The highest BCUT2D eigenvalue weighted by Crippen LogP contribution is 2.13. The minimum Gasteiger partial charge on any atom is -0.336 e. The number of rotatable bonds is 10.